The highest BCUT2D eigenvalue weighted by Gasteiger charge is 2.06. The monoisotopic (exact) mass is 129 g/mol. The van der Waals surface area contributed by atoms with Crippen LogP contribution in [-0.4, -0.2) is 0 Å². The van der Waals surface area contributed by atoms with E-state index in [-0.39, 0.29) is 0 Å². The fourth-order valence-corrected chi connectivity index (χ4v) is 1.16. The van der Waals surface area contributed by atoms with Gasteiger partial charge in [0.05, 0.1) is 5.88 Å². The van der Waals surface area contributed by atoms with Gasteiger partial charge in [-0.3, -0.25) is 0 Å². The maximum Gasteiger partial charge on any atom is 0.0533 e. The number of rotatable bonds is 1. The van der Waals surface area contributed by atoms with Crippen LogP contribution in [0.25, 0.3) is 0 Å². The fraction of sp³-hybridized carbons (Fsp3) is 0.571. The van der Waals surface area contributed by atoms with E-state index in [0.29, 0.717) is 5.92 Å². The molecular formula is C7H10Cl. The molecule has 1 aliphatic carbocycles. The van der Waals surface area contributed by atoms with E-state index in [4.69, 9.17) is 11.6 Å². The minimum Gasteiger partial charge on any atom is -0.121 e. The van der Waals surface area contributed by atoms with Crippen LogP contribution in [0.1, 0.15) is 19.3 Å². The Morgan fingerprint density at radius 1 is 1.50 bits per heavy atom. The summed E-state index contributed by atoms with van der Waals surface area (Å²) < 4.78 is 0. The summed E-state index contributed by atoms with van der Waals surface area (Å²) >= 11 is 5.52. The zero-order valence-corrected chi connectivity index (χ0v) is 5.56. The van der Waals surface area contributed by atoms with Crippen molar-refractivity contribution in [3.63, 3.8) is 0 Å². The van der Waals surface area contributed by atoms with Crippen LogP contribution in [0.4, 0.5) is 0 Å². The van der Waals surface area contributed by atoms with E-state index in [1.54, 1.807) is 5.88 Å². The standard InChI is InChI=1S/C7H10Cl/c8-6-7-4-2-1-3-5-7/h1-2,6-7H,3-5H2. The van der Waals surface area contributed by atoms with Gasteiger partial charge in [-0.15, -0.1) is 11.6 Å². The van der Waals surface area contributed by atoms with Crippen LogP contribution in [0.5, 0.6) is 0 Å². The molecular weight excluding hydrogens is 120 g/mol. The highest BCUT2D eigenvalue weighted by Crippen LogP contribution is 2.21. The van der Waals surface area contributed by atoms with Crippen molar-refractivity contribution in [1.82, 2.24) is 0 Å². The first-order valence-corrected chi connectivity index (χ1v) is 3.45. The molecule has 0 saturated heterocycles. The number of hydrogen-bond donors (Lipinski definition) is 0. The molecule has 0 aromatic heterocycles. The predicted molar refractivity (Wildman–Crippen MR) is 36.6 cm³/mol. The molecule has 0 amide bonds. The lowest BCUT2D eigenvalue weighted by Crippen LogP contribution is -1.98. The Balaban J connectivity index is 2.27. The summed E-state index contributed by atoms with van der Waals surface area (Å²) in [5.74, 6) is 2.42. The van der Waals surface area contributed by atoms with Crippen molar-refractivity contribution in [1.29, 1.82) is 0 Å². The molecule has 0 bridgehead atoms. The summed E-state index contributed by atoms with van der Waals surface area (Å²) in [6, 6.07) is 0. The number of halogens is 1. The zero-order valence-electron chi connectivity index (χ0n) is 4.81. The Hall–Kier alpha value is 0.0300. The van der Waals surface area contributed by atoms with Gasteiger partial charge < -0.3 is 0 Å². The van der Waals surface area contributed by atoms with Gasteiger partial charge in [0.2, 0.25) is 0 Å². The Morgan fingerprint density at radius 3 is 2.75 bits per heavy atom. The first-order chi connectivity index (χ1) is 3.93. The molecule has 1 heteroatoms. The molecule has 1 unspecified atom stereocenters. The fourth-order valence-electron chi connectivity index (χ4n) is 0.931. The van der Waals surface area contributed by atoms with Crippen molar-refractivity contribution in [2.24, 2.45) is 5.92 Å². The molecule has 0 spiro atoms. The van der Waals surface area contributed by atoms with Gasteiger partial charge >= 0.3 is 0 Å². The second-order valence-electron chi connectivity index (χ2n) is 2.17. The average Bonchev–Trinajstić information content (AvgIpc) is 1.90. The lowest BCUT2D eigenvalue weighted by molar-refractivity contribution is 0.569. The van der Waals surface area contributed by atoms with Crippen molar-refractivity contribution in [2.75, 3.05) is 0 Å². The highest BCUT2D eigenvalue weighted by molar-refractivity contribution is 6.23. The summed E-state index contributed by atoms with van der Waals surface area (Å²) in [7, 11) is 0. The highest BCUT2D eigenvalue weighted by atomic mass is 35.5. The largest absolute Gasteiger partial charge is 0.121 e. The molecule has 8 heavy (non-hydrogen) atoms. The molecule has 0 heterocycles. The molecule has 45 valence electrons. The quantitative estimate of drug-likeness (QED) is 0.478. The van der Waals surface area contributed by atoms with Gasteiger partial charge in [0.25, 0.3) is 0 Å². The van der Waals surface area contributed by atoms with Crippen molar-refractivity contribution in [3.05, 3.63) is 18.0 Å². The van der Waals surface area contributed by atoms with E-state index < -0.39 is 0 Å². The lowest BCUT2D eigenvalue weighted by atomic mass is 9.97. The van der Waals surface area contributed by atoms with E-state index >= 15 is 0 Å². The van der Waals surface area contributed by atoms with Gasteiger partial charge in [0, 0.05) is 0 Å². The van der Waals surface area contributed by atoms with E-state index in [9.17, 15) is 0 Å². The molecule has 0 nitrogen and oxygen atoms in total. The third-order valence-corrected chi connectivity index (χ3v) is 1.84. The topological polar surface area (TPSA) is 0 Å². The van der Waals surface area contributed by atoms with Gasteiger partial charge in [-0.25, -0.2) is 0 Å². The average molecular weight is 130 g/mol. The summed E-state index contributed by atoms with van der Waals surface area (Å²) in [6.07, 6.45) is 8.00. The van der Waals surface area contributed by atoms with E-state index in [0.717, 1.165) is 6.42 Å². The van der Waals surface area contributed by atoms with Crippen LogP contribution in [0.15, 0.2) is 12.2 Å². The minimum absolute atomic E-state index is 0.640. The molecule has 0 N–H and O–H groups in total. The minimum atomic E-state index is 0.640. The summed E-state index contributed by atoms with van der Waals surface area (Å²) in [5, 5.41) is 0. The first-order valence-electron chi connectivity index (χ1n) is 3.02. The third kappa shape index (κ3) is 1.52. The first kappa shape index (κ1) is 6.15. The normalized spacial score (nSPS) is 28.4. The van der Waals surface area contributed by atoms with Crippen LogP contribution < -0.4 is 0 Å². The molecule has 0 saturated carbocycles. The number of allylic oxidation sites excluding steroid dienone is 2. The molecule has 0 aliphatic heterocycles. The maximum absolute atomic E-state index is 5.52. The van der Waals surface area contributed by atoms with Crippen molar-refractivity contribution >= 4 is 11.6 Å². The number of hydrogen-bond acceptors (Lipinski definition) is 0. The van der Waals surface area contributed by atoms with Crippen LogP contribution in [0.2, 0.25) is 0 Å². The van der Waals surface area contributed by atoms with Gasteiger partial charge in [-0.05, 0) is 25.2 Å². The van der Waals surface area contributed by atoms with Crippen LogP contribution >= 0.6 is 11.6 Å². The second kappa shape index (κ2) is 3.13. The van der Waals surface area contributed by atoms with E-state index in [1.165, 1.54) is 12.8 Å². The van der Waals surface area contributed by atoms with Gasteiger partial charge in [0.1, 0.15) is 0 Å². The van der Waals surface area contributed by atoms with E-state index in [2.05, 4.69) is 12.2 Å². The van der Waals surface area contributed by atoms with Gasteiger partial charge in [-0.2, -0.15) is 0 Å². The molecule has 0 fully saturated rings. The van der Waals surface area contributed by atoms with Crippen LogP contribution in [-0.2, 0) is 0 Å². The third-order valence-electron chi connectivity index (χ3n) is 1.49. The smallest absolute Gasteiger partial charge is 0.0533 e. The Kier molecular flexibility index (Phi) is 2.41. The summed E-state index contributed by atoms with van der Waals surface area (Å²) in [6.45, 7) is 0. The van der Waals surface area contributed by atoms with E-state index in [1.807, 2.05) is 0 Å². The van der Waals surface area contributed by atoms with Crippen molar-refractivity contribution in [3.8, 4) is 0 Å². The SMILES string of the molecule is Cl[CH]C1CC=CCC1. The van der Waals surface area contributed by atoms with Gasteiger partial charge in [0.15, 0.2) is 0 Å². The van der Waals surface area contributed by atoms with Gasteiger partial charge in [-0.1, -0.05) is 12.2 Å². The predicted octanol–water partition coefficient (Wildman–Crippen LogP) is 2.74. The Labute approximate surface area is 55.5 Å². The second-order valence-corrected chi connectivity index (χ2v) is 2.42. The Bertz CT molecular complexity index is 86.4. The van der Waals surface area contributed by atoms with Crippen molar-refractivity contribution in [2.45, 2.75) is 19.3 Å². The van der Waals surface area contributed by atoms with Crippen molar-refractivity contribution < 1.29 is 0 Å². The summed E-state index contributed by atoms with van der Waals surface area (Å²) in [4.78, 5) is 0. The van der Waals surface area contributed by atoms with Crippen LogP contribution in [0.3, 0.4) is 0 Å². The molecule has 1 rings (SSSR count). The maximum atomic E-state index is 5.52. The molecule has 0 aromatic carbocycles. The zero-order chi connectivity index (χ0) is 5.82. The summed E-state index contributed by atoms with van der Waals surface area (Å²) in [5.41, 5.74) is 0. The molecule has 1 atom stereocenters. The Morgan fingerprint density at radius 2 is 2.38 bits per heavy atom. The molecule has 0 aromatic rings. The lowest BCUT2D eigenvalue weighted by Gasteiger charge is -2.12. The van der Waals surface area contributed by atoms with Crippen LogP contribution in [0, 0.1) is 11.8 Å². The molecule has 1 radical (unpaired) electrons. The molecule has 1 aliphatic rings.